The molecular formula is C9H7IN2O2. The summed E-state index contributed by atoms with van der Waals surface area (Å²) in [6.07, 6.45) is 0. The minimum atomic E-state index is 0.149. The zero-order valence-electron chi connectivity index (χ0n) is 7.14. The number of rotatable bonds is 2. The van der Waals surface area contributed by atoms with E-state index in [2.05, 4.69) is 32.7 Å². The molecule has 0 aliphatic heterocycles. The number of hydrogen-bond acceptors (Lipinski definition) is 4. The first kappa shape index (κ1) is 9.45. The van der Waals surface area contributed by atoms with Crippen molar-refractivity contribution in [1.82, 2.24) is 10.1 Å². The van der Waals surface area contributed by atoms with Crippen molar-refractivity contribution in [1.29, 1.82) is 0 Å². The number of para-hydroxylation sites is 1. The summed E-state index contributed by atoms with van der Waals surface area (Å²) in [7, 11) is 0. The van der Waals surface area contributed by atoms with Crippen LogP contribution in [0, 0.1) is 0 Å². The van der Waals surface area contributed by atoms with Crippen LogP contribution in [0.2, 0.25) is 0 Å². The number of phenolic OH excluding ortho intramolecular Hbond substituents is 1. The molecule has 0 radical (unpaired) electrons. The second kappa shape index (κ2) is 3.95. The molecular weight excluding hydrogens is 295 g/mol. The Bertz CT molecular complexity index is 442. The van der Waals surface area contributed by atoms with Crippen LogP contribution >= 0.6 is 22.6 Å². The van der Waals surface area contributed by atoms with Gasteiger partial charge in [-0.05, 0) is 12.1 Å². The van der Waals surface area contributed by atoms with Crippen molar-refractivity contribution < 1.29 is 9.63 Å². The summed E-state index contributed by atoms with van der Waals surface area (Å²) in [6, 6.07) is 6.88. The van der Waals surface area contributed by atoms with E-state index in [-0.39, 0.29) is 5.75 Å². The topological polar surface area (TPSA) is 59.2 Å². The average Bonchev–Trinajstić information content (AvgIpc) is 2.67. The lowest BCUT2D eigenvalue weighted by Gasteiger charge is -1.96. The molecule has 0 amide bonds. The third kappa shape index (κ3) is 1.72. The van der Waals surface area contributed by atoms with Crippen LogP contribution in [0.25, 0.3) is 11.5 Å². The highest BCUT2D eigenvalue weighted by Gasteiger charge is 2.10. The lowest BCUT2D eigenvalue weighted by Crippen LogP contribution is -1.80. The molecule has 5 heteroatoms. The van der Waals surface area contributed by atoms with Crippen molar-refractivity contribution in [3.05, 3.63) is 30.1 Å². The summed E-state index contributed by atoms with van der Waals surface area (Å²) in [5.41, 5.74) is 0.566. The zero-order chi connectivity index (χ0) is 9.97. The SMILES string of the molecule is Oc1ccccc1-c1nc(CI)no1. The van der Waals surface area contributed by atoms with E-state index < -0.39 is 0 Å². The van der Waals surface area contributed by atoms with Gasteiger partial charge in [0.05, 0.1) is 9.99 Å². The van der Waals surface area contributed by atoms with Crippen molar-refractivity contribution in [2.24, 2.45) is 0 Å². The summed E-state index contributed by atoms with van der Waals surface area (Å²) in [6.45, 7) is 0. The van der Waals surface area contributed by atoms with Crippen LogP contribution in [0.1, 0.15) is 5.82 Å². The van der Waals surface area contributed by atoms with Gasteiger partial charge in [-0.2, -0.15) is 4.98 Å². The van der Waals surface area contributed by atoms with Crippen molar-refractivity contribution in [3.63, 3.8) is 0 Å². The van der Waals surface area contributed by atoms with Crippen molar-refractivity contribution in [2.45, 2.75) is 4.43 Å². The van der Waals surface area contributed by atoms with E-state index in [1.807, 2.05) is 6.07 Å². The second-order valence-electron chi connectivity index (χ2n) is 2.67. The molecule has 0 spiro atoms. The Labute approximate surface area is 94.1 Å². The van der Waals surface area contributed by atoms with Gasteiger partial charge < -0.3 is 9.63 Å². The van der Waals surface area contributed by atoms with Gasteiger partial charge in [-0.3, -0.25) is 0 Å². The minimum Gasteiger partial charge on any atom is -0.507 e. The van der Waals surface area contributed by atoms with Gasteiger partial charge in [0.2, 0.25) is 0 Å². The van der Waals surface area contributed by atoms with E-state index in [1.165, 1.54) is 0 Å². The van der Waals surface area contributed by atoms with E-state index in [0.29, 0.717) is 21.7 Å². The summed E-state index contributed by atoms with van der Waals surface area (Å²) in [5.74, 6) is 1.13. The molecule has 4 nitrogen and oxygen atoms in total. The first-order chi connectivity index (χ1) is 6.81. The van der Waals surface area contributed by atoms with Crippen LogP contribution in [0.5, 0.6) is 5.75 Å². The lowest BCUT2D eigenvalue weighted by molar-refractivity contribution is 0.420. The molecule has 0 unspecified atom stereocenters. The number of aromatic hydroxyl groups is 1. The maximum Gasteiger partial charge on any atom is 0.261 e. The van der Waals surface area contributed by atoms with Crippen LogP contribution in [-0.2, 0) is 4.43 Å². The zero-order valence-corrected chi connectivity index (χ0v) is 9.30. The van der Waals surface area contributed by atoms with E-state index in [9.17, 15) is 5.11 Å². The smallest absolute Gasteiger partial charge is 0.261 e. The Balaban J connectivity index is 2.44. The fourth-order valence-corrected chi connectivity index (χ4v) is 1.38. The standard InChI is InChI=1S/C9H7IN2O2/c10-5-8-11-9(14-12-8)6-3-1-2-4-7(6)13/h1-4,13H,5H2. The van der Waals surface area contributed by atoms with Gasteiger partial charge in [-0.15, -0.1) is 0 Å². The Kier molecular flexibility index (Phi) is 2.67. The first-order valence-corrected chi connectivity index (χ1v) is 5.50. The van der Waals surface area contributed by atoms with Crippen molar-refractivity contribution in [2.75, 3.05) is 0 Å². The van der Waals surface area contributed by atoms with Crippen molar-refractivity contribution >= 4 is 22.6 Å². The summed E-state index contributed by atoms with van der Waals surface area (Å²) in [5, 5.41) is 13.3. The van der Waals surface area contributed by atoms with Gasteiger partial charge in [-0.1, -0.05) is 39.9 Å². The molecule has 0 atom stereocenters. The fourth-order valence-electron chi connectivity index (χ4n) is 1.07. The third-order valence-electron chi connectivity index (χ3n) is 1.72. The molecule has 14 heavy (non-hydrogen) atoms. The monoisotopic (exact) mass is 302 g/mol. The maximum absolute atomic E-state index is 9.52. The first-order valence-electron chi connectivity index (χ1n) is 3.98. The Morgan fingerprint density at radius 2 is 2.14 bits per heavy atom. The largest absolute Gasteiger partial charge is 0.507 e. The van der Waals surface area contributed by atoms with E-state index in [0.717, 1.165) is 0 Å². The number of phenols is 1. The molecule has 2 rings (SSSR count). The number of hydrogen-bond donors (Lipinski definition) is 1. The van der Waals surface area contributed by atoms with Gasteiger partial charge in [0.1, 0.15) is 5.75 Å². The average molecular weight is 302 g/mol. The highest BCUT2D eigenvalue weighted by Crippen LogP contribution is 2.26. The molecule has 0 fully saturated rings. The molecule has 0 aliphatic rings. The Morgan fingerprint density at radius 1 is 1.36 bits per heavy atom. The van der Waals surface area contributed by atoms with Crippen LogP contribution in [0.4, 0.5) is 0 Å². The summed E-state index contributed by atoms with van der Waals surface area (Å²) < 4.78 is 5.69. The van der Waals surface area contributed by atoms with Gasteiger partial charge in [0, 0.05) is 0 Å². The second-order valence-corrected chi connectivity index (χ2v) is 3.43. The van der Waals surface area contributed by atoms with Gasteiger partial charge in [0.15, 0.2) is 5.82 Å². The maximum atomic E-state index is 9.52. The molecule has 0 aliphatic carbocycles. The van der Waals surface area contributed by atoms with Gasteiger partial charge in [-0.25, -0.2) is 0 Å². The number of halogens is 1. The van der Waals surface area contributed by atoms with Crippen LogP contribution < -0.4 is 0 Å². The predicted octanol–water partition coefficient (Wildman–Crippen LogP) is 2.38. The predicted molar refractivity (Wildman–Crippen MR) is 59.1 cm³/mol. The molecule has 2 aromatic rings. The Hall–Kier alpha value is -1.11. The molecule has 0 saturated carbocycles. The van der Waals surface area contributed by atoms with Crippen molar-refractivity contribution in [3.8, 4) is 17.2 Å². The van der Waals surface area contributed by atoms with Gasteiger partial charge in [0.25, 0.3) is 5.89 Å². The Morgan fingerprint density at radius 3 is 2.79 bits per heavy atom. The van der Waals surface area contributed by atoms with E-state index in [1.54, 1.807) is 18.2 Å². The molecule has 72 valence electrons. The lowest BCUT2D eigenvalue weighted by atomic mass is 10.2. The normalized spacial score (nSPS) is 10.4. The quantitative estimate of drug-likeness (QED) is 0.683. The highest BCUT2D eigenvalue weighted by atomic mass is 127. The molecule has 1 aromatic carbocycles. The number of nitrogens with zero attached hydrogens (tertiary/aromatic N) is 2. The van der Waals surface area contributed by atoms with Crippen LogP contribution in [0.3, 0.4) is 0 Å². The van der Waals surface area contributed by atoms with E-state index >= 15 is 0 Å². The van der Waals surface area contributed by atoms with Crippen LogP contribution in [-0.4, -0.2) is 15.2 Å². The van der Waals surface area contributed by atoms with Gasteiger partial charge >= 0.3 is 0 Å². The van der Waals surface area contributed by atoms with Crippen LogP contribution in [0.15, 0.2) is 28.8 Å². The molecule has 0 bridgehead atoms. The number of aromatic nitrogens is 2. The third-order valence-corrected chi connectivity index (χ3v) is 2.40. The summed E-state index contributed by atoms with van der Waals surface area (Å²) in [4.78, 5) is 4.11. The van der Waals surface area contributed by atoms with E-state index in [4.69, 9.17) is 4.52 Å². The summed E-state index contributed by atoms with van der Waals surface area (Å²) >= 11 is 2.15. The minimum absolute atomic E-state index is 0.149. The number of benzene rings is 1. The molecule has 1 heterocycles. The fraction of sp³-hybridized carbons (Fsp3) is 0.111. The highest BCUT2D eigenvalue weighted by molar-refractivity contribution is 14.1. The molecule has 0 saturated heterocycles. The molecule has 1 N–H and O–H groups in total. The molecule has 1 aromatic heterocycles. The number of alkyl halides is 1.